The zero-order chi connectivity index (χ0) is 12.3. The number of piperidine rings is 1. The van der Waals surface area contributed by atoms with E-state index in [2.05, 4.69) is 24.1 Å². The van der Waals surface area contributed by atoms with Crippen LogP contribution < -0.4 is 5.32 Å². The predicted octanol–water partition coefficient (Wildman–Crippen LogP) is 2.12. The minimum Gasteiger partial charge on any atom is -0.380 e. The number of hydrogen-bond donors (Lipinski definition) is 1. The lowest BCUT2D eigenvalue weighted by molar-refractivity contribution is 0.0887. The van der Waals surface area contributed by atoms with Gasteiger partial charge in [-0.2, -0.15) is 0 Å². The van der Waals surface area contributed by atoms with Crippen molar-refractivity contribution in [1.82, 2.24) is 10.2 Å². The van der Waals surface area contributed by atoms with E-state index in [1.165, 1.54) is 45.4 Å². The molecule has 0 atom stereocenters. The summed E-state index contributed by atoms with van der Waals surface area (Å²) in [6.07, 6.45) is 5.08. The quantitative estimate of drug-likeness (QED) is 0.627. The van der Waals surface area contributed by atoms with E-state index in [9.17, 15) is 0 Å². The van der Waals surface area contributed by atoms with Crippen molar-refractivity contribution in [1.29, 1.82) is 0 Å². The van der Waals surface area contributed by atoms with Crippen LogP contribution >= 0.6 is 0 Å². The standard InChI is InChI=1S/C14H30N2O/c1-3-7-15-13-14-5-8-16(9-6-14)10-12-17-11-4-2/h14-15H,3-13H2,1-2H3. The van der Waals surface area contributed by atoms with Crippen molar-refractivity contribution in [2.24, 2.45) is 5.92 Å². The molecule has 0 unspecified atom stereocenters. The minimum atomic E-state index is 0.898. The molecule has 1 fully saturated rings. The van der Waals surface area contributed by atoms with E-state index < -0.39 is 0 Å². The summed E-state index contributed by atoms with van der Waals surface area (Å²) in [7, 11) is 0. The summed E-state index contributed by atoms with van der Waals surface area (Å²) in [5.41, 5.74) is 0. The molecule has 1 saturated heterocycles. The summed E-state index contributed by atoms with van der Waals surface area (Å²) in [5.74, 6) is 0.898. The molecule has 0 aromatic carbocycles. The Hall–Kier alpha value is -0.120. The molecular formula is C14H30N2O. The molecule has 102 valence electrons. The molecule has 0 radical (unpaired) electrons. The lowest BCUT2D eigenvalue weighted by atomic mass is 9.97. The van der Waals surface area contributed by atoms with Crippen LogP contribution in [0.4, 0.5) is 0 Å². The first kappa shape index (κ1) is 14.9. The lowest BCUT2D eigenvalue weighted by Crippen LogP contribution is -2.39. The zero-order valence-corrected chi connectivity index (χ0v) is 11.7. The van der Waals surface area contributed by atoms with Crippen LogP contribution in [0.2, 0.25) is 0 Å². The first-order chi connectivity index (χ1) is 8.36. The second kappa shape index (κ2) is 9.86. The minimum absolute atomic E-state index is 0.898. The average molecular weight is 242 g/mol. The van der Waals surface area contributed by atoms with Crippen LogP contribution in [0, 0.1) is 5.92 Å². The number of ether oxygens (including phenoxy) is 1. The number of rotatable bonds is 9. The molecular weight excluding hydrogens is 212 g/mol. The Morgan fingerprint density at radius 1 is 1.12 bits per heavy atom. The highest BCUT2D eigenvalue weighted by molar-refractivity contribution is 4.73. The molecule has 1 heterocycles. The van der Waals surface area contributed by atoms with E-state index in [1.54, 1.807) is 0 Å². The van der Waals surface area contributed by atoms with Gasteiger partial charge in [0.15, 0.2) is 0 Å². The molecule has 0 saturated carbocycles. The number of hydrogen-bond acceptors (Lipinski definition) is 3. The van der Waals surface area contributed by atoms with Crippen LogP contribution in [0.15, 0.2) is 0 Å². The fourth-order valence-electron chi connectivity index (χ4n) is 2.34. The molecule has 0 aliphatic carbocycles. The van der Waals surface area contributed by atoms with Crippen LogP contribution in [0.1, 0.15) is 39.5 Å². The molecule has 1 N–H and O–H groups in total. The summed E-state index contributed by atoms with van der Waals surface area (Å²) in [6, 6.07) is 0. The van der Waals surface area contributed by atoms with E-state index in [1.807, 2.05) is 0 Å². The fourth-order valence-corrected chi connectivity index (χ4v) is 2.34. The summed E-state index contributed by atoms with van der Waals surface area (Å²) >= 11 is 0. The molecule has 3 nitrogen and oxygen atoms in total. The van der Waals surface area contributed by atoms with Crippen LogP contribution in [0.25, 0.3) is 0 Å². The third kappa shape index (κ3) is 7.02. The van der Waals surface area contributed by atoms with Gasteiger partial charge in [-0.25, -0.2) is 0 Å². The van der Waals surface area contributed by atoms with Gasteiger partial charge in [-0.1, -0.05) is 13.8 Å². The molecule has 1 aliphatic rings. The highest BCUT2D eigenvalue weighted by atomic mass is 16.5. The van der Waals surface area contributed by atoms with Crippen molar-refractivity contribution in [2.45, 2.75) is 39.5 Å². The fraction of sp³-hybridized carbons (Fsp3) is 1.00. The third-order valence-corrected chi connectivity index (χ3v) is 3.47. The van der Waals surface area contributed by atoms with E-state index in [0.29, 0.717) is 0 Å². The van der Waals surface area contributed by atoms with Crippen LogP contribution in [0.5, 0.6) is 0 Å². The normalized spacial score (nSPS) is 18.7. The molecule has 0 aromatic rings. The summed E-state index contributed by atoms with van der Waals surface area (Å²) in [4.78, 5) is 2.55. The van der Waals surface area contributed by atoms with Crippen LogP contribution in [0.3, 0.4) is 0 Å². The number of nitrogens with zero attached hydrogens (tertiary/aromatic N) is 1. The molecule has 0 aromatic heterocycles. The van der Waals surface area contributed by atoms with E-state index in [4.69, 9.17) is 4.74 Å². The smallest absolute Gasteiger partial charge is 0.0593 e. The second-order valence-electron chi connectivity index (χ2n) is 5.10. The van der Waals surface area contributed by atoms with Gasteiger partial charge in [0.25, 0.3) is 0 Å². The van der Waals surface area contributed by atoms with E-state index in [0.717, 1.165) is 32.1 Å². The van der Waals surface area contributed by atoms with Crippen molar-refractivity contribution in [3.05, 3.63) is 0 Å². The van der Waals surface area contributed by atoms with Gasteiger partial charge in [0.1, 0.15) is 0 Å². The van der Waals surface area contributed by atoms with Gasteiger partial charge in [0.2, 0.25) is 0 Å². The maximum atomic E-state index is 5.54. The second-order valence-corrected chi connectivity index (χ2v) is 5.10. The molecule has 0 amide bonds. The van der Waals surface area contributed by atoms with Crippen molar-refractivity contribution in [3.8, 4) is 0 Å². The van der Waals surface area contributed by atoms with E-state index >= 15 is 0 Å². The Kier molecular flexibility index (Phi) is 8.67. The Morgan fingerprint density at radius 3 is 2.53 bits per heavy atom. The largest absolute Gasteiger partial charge is 0.380 e. The maximum absolute atomic E-state index is 5.54. The average Bonchev–Trinajstić information content (AvgIpc) is 2.37. The van der Waals surface area contributed by atoms with Crippen LogP contribution in [-0.4, -0.2) is 50.8 Å². The van der Waals surface area contributed by atoms with Crippen molar-refractivity contribution < 1.29 is 4.74 Å². The van der Waals surface area contributed by atoms with Gasteiger partial charge in [0, 0.05) is 13.2 Å². The predicted molar refractivity (Wildman–Crippen MR) is 73.4 cm³/mol. The van der Waals surface area contributed by atoms with Gasteiger partial charge in [-0.15, -0.1) is 0 Å². The number of nitrogens with one attached hydrogen (secondary N) is 1. The van der Waals surface area contributed by atoms with Gasteiger partial charge in [-0.3, -0.25) is 0 Å². The molecule has 0 spiro atoms. The molecule has 3 heteroatoms. The van der Waals surface area contributed by atoms with Crippen LogP contribution in [-0.2, 0) is 4.74 Å². The SMILES string of the molecule is CCCNCC1CCN(CCOCCC)CC1. The Balaban J connectivity index is 1.97. The van der Waals surface area contributed by atoms with Gasteiger partial charge in [0.05, 0.1) is 6.61 Å². The Bertz CT molecular complexity index is 168. The molecule has 0 bridgehead atoms. The molecule has 1 rings (SSSR count). The van der Waals surface area contributed by atoms with Gasteiger partial charge in [-0.05, 0) is 57.8 Å². The number of likely N-dealkylation sites (tertiary alicyclic amines) is 1. The monoisotopic (exact) mass is 242 g/mol. The van der Waals surface area contributed by atoms with E-state index in [-0.39, 0.29) is 0 Å². The maximum Gasteiger partial charge on any atom is 0.0593 e. The summed E-state index contributed by atoms with van der Waals surface area (Å²) < 4.78 is 5.54. The topological polar surface area (TPSA) is 24.5 Å². The zero-order valence-electron chi connectivity index (χ0n) is 11.7. The first-order valence-corrected chi connectivity index (χ1v) is 7.37. The Labute approximate surface area is 107 Å². The molecule has 1 aliphatic heterocycles. The summed E-state index contributed by atoms with van der Waals surface area (Å²) in [6.45, 7) is 12.2. The van der Waals surface area contributed by atoms with Crippen molar-refractivity contribution in [2.75, 3.05) is 45.9 Å². The highest BCUT2D eigenvalue weighted by Crippen LogP contribution is 2.15. The molecule has 17 heavy (non-hydrogen) atoms. The Morgan fingerprint density at radius 2 is 1.88 bits per heavy atom. The third-order valence-electron chi connectivity index (χ3n) is 3.47. The van der Waals surface area contributed by atoms with Crippen molar-refractivity contribution in [3.63, 3.8) is 0 Å². The lowest BCUT2D eigenvalue weighted by Gasteiger charge is -2.31. The van der Waals surface area contributed by atoms with Gasteiger partial charge >= 0.3 is 0 Å². The summed E-state index contributed by atoms with van der Waals surface area (Å²) in [5, 5.41) is 3.54. The first-order valence-electron chi connectivity index (χ1n) is 7.37. The van der Waals surface area contributed by atoms with Gasteiger partial charge < -0.3 is 15.0 Å². The highest BCUT2D eigenvalue weighted by Gasteiger charge is 2.18. The van der Waals surface area contributed by atoms with Crippen molar-refractivity contribution >= 4 is 0 Å².